The molecule has 0 spiro atoms. The molecule has 0 saturated carbocycles. The molecule has 3 aromatic rings. The predicted molar refractivity (Wildman–Crippen MR) is 115 cm³/mol. The smallest absolute Gasteiger partial charge is 0.259 e. The Morgan fingerprint density at radius 3 is 2.26 bits per heavy atom. The Kier molecular flexibility index (Phi) is 4.51. The topological polar surface area (TPSA) is 62.2 Å². The lowest BCUT2D eigenvalue weighted by molar-refractivity contribution is -0.121. The molecule has 0 aromatic heterocycles. The summed E-state index contributed by atoms with van der Waals surface area (Å²) in [4.78, 5) is 27.9. The molecule has 7 heteroatoms. The minimum atomic E-state index is -0.838. The van der Waals surface area contributed by atoms with Crippen LogP contribution >= 0.6 is 0 Å². The number of fused-ring (bicyclic) bond motifs is 1. The third-order valence-corrected chi connectivity index (χ3v) is 5.52. The van der Waals surface area contributed by atoms with E-state index in [0.717, 1.165) is 10.5 Å². The highest BCUT2D eigenvalue weighted by Crippen LogP contribution is 2.39. The Morgan fingerprint density at radius 1 is 0.871 bits per heavy atom. The molecular formula is C24H18FN3O3. The van der Waals surface area contributed by atoms with E-state index in [0.29, 0.717) is 17.1 Å². The van der Waals surface area contributed by atoms with Gasteiger partial charge in [-0.3, -0.25) is 14.6 Å². The second kappa shape index (κ2) is 7.36. The van der Waals surface area contributed by atoms with Crippen LogP contribution in [-0.2, 0) is 9.59 Å². The van der Waals surface area contributed by atoms with Gasteiger partial charge in [-0.1, -0.05) is 24.3 Å². The SMILES string of the molecule is COc1ccc(C2=NN(c3ccccc3)[C@@H]3C(=O)N(c4cccc(F)c4)C(=O)[C@@H]23)cc1. The maximum absolute atomic E-state index is 13.8. The number of hydrogen-bond donors (Lipinski definition) is 0. The number of halogens is 1. The quantitative estimate of drug-likeness (QED) is 0.611. The highest BCUT2D eigenvalue weighted by atomic mass is 19.1. The first kappa shape index (κ1) is 19.0. The zero-order chi connectivity index (χ0) is 21.5. The molecule has 2 aliphatic heterocycles. The molecule has 0 bridgehead atoms. The molecule has 2 amide bonds. The first-order chi connectivity index (χ1) is 15.1. The van der Waals surface area contributed by atoms with Gasteiger partial charge in [-0.25, -0.2) is 9.29 Å². The van der Waals surface area contributed by atoms with Crippen molar-refractivity contribution in [3.63, 3.8) is 0 Å². The van der Waals surface area contributed by atoms with Crippen molar-refractivity contribution in [1.29, 1.82) is 0 Å². The van der Waals surface area contributed by atoms with E-state index in [9.17, 15) is 14.0 Å². The Labute approximate surface area is 178 Å². The van der Waals surface area contributed by atoms with Gasteiger partial charge in [0.1, 0.15) is 23.5 Å². The molecule has 0 aliphatic carbocycles. The summed E-state index contributed by atoms with van der Waals surface area (Å²) in [7, 11) is 1.57. The molecule has 5 rings (SSSR count). The van der Waals surface area contributed by atoms with Crippen LogP contribution < -0.4 is 14.6 Å². The highest BCUT2D eigenvalue weighted by Gasteiger charge is 2.57. The van der Waals surface area contributed by atoms with Crippen molar-refractivity contribution >= 4 is 28.9 Å². The summed E-state index contributed by atoms with van der Waals surface area (Å²) < 4.78 is 19.0. The van der Waals surface area contributed by atoms with Crippen LogP contribution in [0.15, 0.2) is 84.0 Å². The number of hydrazone groups is 1. The molecule has 1 fully saturated rings. The summed E-state index contributed by atoms with van der Waals surface area (Å²) in [5.74, 6) is -1.50. The van der Waals surface area contributed by atoms with E-state index in [4.69, 9.17) is 4.74 Å². The van der Waals surface area contributed by atoms with Crippen LogP contribution in [0.25, 0.3) is 0 Å². The van der Waals surface area contributed by atoms with E-state index in [2.05, 4.69) is 5.10 Å². The Hall–Kier alpha value is -4.00. The molecule has 2 atom stereocenters. The number of carbonyl (C=O) groups is 2. The third kappa shape index (κ3) is 3.06. The van der Waals surface area contributed by atoms with Crippen LogP contribution in [0.2, 0.25) is 0 Å². The van der Waals surface area contributed by atoms with Crippen LogP contribution in [0.3, 0.4) is 0 Å². The van der Waals surface area contributed by atoms with Gasteiger partial charge in [-0.05, 0) is 60.2 Å². The maximum atomic E-state index is 13.8. The number of benzene rings is 3. The minimum absolute atomic E-state index is 0.214. The second-order valence-electron chi connectivity index (χ2n) is 7.31. The molecule has 3 aromatic carbocycles. The van der Waals surface area contributed by atoms with E-state index < -0.39 is 29.6 Å². The van der Waals surface area contributed by atoms with Gasteiger partial charge in [0.25, 0.3) is 5.91 Å². The minimum Gasteiger partial charge on any atom is -0.497 e. The summed E-state index contributed by atoms with van der Waals surface area (Å²) in [6, 6.07) is 21.1. The largest absolute Gasteiger partial charge is 0.497 e. The first-order valence-corrected chi connectivity index (χ1v) is 9.79. The van der Waals surface area contributed by atoms with Crippen LogP contribution in [0.1, 0.15) is 5.56 Å². The molecule has 0 unspecified atom stereocenters. The number of anilines is 2. The fourth-order valence-electron chi connectivity index (χ4n) is 4.08. The van der Waals surface area contributed by atoms with Crippen LogP contribution in [-0.4, -0.2) is 30.7 Å². The van der Waals surface area contributed by atoms with Gasteiger partial charge in [0.05, 0.1) is 24.2 Å². The van der Waals surface area contributed by atoms with Gasteiger partial charge in [-0.2, -0.15) is 5.10 Å². The summed E-state index contributed by atoms with van der Waals surface area (Å²) >= 11 is 0. The third-order valence-electron chi connectivity index (χ3n) is 5.52. The number of hydrogen-bond acceptors (Lipinski definition) is 5. The number of amides is 2. The number of carbonyl (C=O) groups excluding carboxylic acids is 2. The van der Waals surface area contributed by atoms with Crippen molar-refractivity contribution < 1.29 is 18.7 Å². The monoisotopic (exact) mass is 415 g/mol. The molecule has 2 aliphatic rings. The van der Waals surface area contributed by atoms with Gasteiger partial charge in [0.2, 0.25) is 5.91 Å². The molecule has 2 heterocycles. The molecule has 0 N–H and O–H groups in total. The molecular weight excluding hydrogens is 397 g/mol. The summed E-state index contributed by atoms with van der Waals surface area (Å²) in [5.41, 5.74) is 2.12. The number of rotatable bonds is 4. The molecule has 0 radical (unpaired) electrons. The lowest BCUT2D eigenvalue weighted by Crippen LogP contribution is -2.39. The van der Waals surface area contributed by atoms with Gasteiger partial charge in [-0.15, -0.1) is 0 Å². The van der Waals surface area contributed by atoms with Crippen molar-refractivity contribution in [2.24, 2.45) is 11.0 Å². The zero-order valence-electron chi connectivity index (χ0n) is 16.6. The highest BCUT2D eigenvalue weighted by molar-refractivity contribution is 6.34. The summed E-state index contributed by atoms with van der Waals surface area (Å²) in [6.45, 7) is 0. The lowest BCUT2D eigenvalue weighted by Gasteiger charge is -2.22. The Bertz CT molecular complexity index is 1190. The van der Waals surface area contributed by atoms with E-state index >= 15 is 0 Å². The molecule has 154 valence electrons. The van der Waals surface area contributed by atoms with Crippen LogP contribution in [0.4, 0.5) is 15.8 Å². The van der Waals surface area contributed by atoms with E-state index in [1.54, 1.807) is 30.3 Å². The van der Waals surface area contributed by atoms with Crippen LogP contribution in [0.5, 0.6) is 5.75 Å². The van der Waals surface area contributed by atoms with Crippen molar-refractivity contribution in [1.82, 2.24) is 0 Å². The standard InChI is InChI=1S/C24H18FN3O3/c1-31-19-12-10-15(11-13-19)21-20-22(28(26-21)17-7-3-2-4-8-17)24(30)27(23(20)29)18-9-5-6-16(25)14-18/h2-14,20,22H,1H3/t20-,22-/m0/s1. The maximum Gasteiger partial charge on any atom is 0.259 e. The van der Waals surface area contributed by atoms with Crippen molar-refractivity contribution in [2.75, 3.05) is 17.0 Å². The molecule has 1 saturated heterocycles. The van der Waals surface area contributed by atoms with E-state index in [1.165, 1.54) is 18.2 Å². The number of ether oxygens (including phenoxy) is 1. The Morgan fingerprint density at radius 2 is 1.58 bits per heavy atom. The number of imide groups is 1. The van der Waals surface area contributed by atoms with E-state index in [1.807, 2.05) is 42.5 Å². The average Bonchev–Trinajstić information content (AvgIpc) is 3.31. The average molecular weight is 415 g/mol. The van der Waals surface area contributed by atoms with Gasteiger partial charge < -0.3 is 4.74 Å². The number of methoxy groups -OCH3 is 1. The number of para-hydroxylation sites is 1. The second-order valence-corrected chi connectivity index (χ2v) is 7.31. The fourth-order valence-corrected chi connectivity index (χ4v) is 4.08. The van der Waals surface area contributed by atoms with E-state index in [-0.39, 0.29) is 5.69 Å². The van der Waals surface area contributed by atoms with Crippen molar-refractivity contribution in [3.8, 4) is 5.75 Å². The lowest BCUT2D eigenvalue weighted by atomic mass is 9.93. The van der Waals surface area contributed by atoms with Gasteiger partial charge >= 0.3 is 0 Å². The normalized spacial score (nSPS) is 20.1. The molecule has 31 heavy (non-hydrogen) atoms. The summed E-state index contributed by atoms with van der Waals surface area (Å²) in [6.07, 6.45) is 0. The molecule has 6 nitrogen and oxygen atoms in total. The number of nitrogens with zero attached hydrogens (tertiary/aromatic N) is 3. The predicted octanol–water partition coefficient (Wildman–Crippen LogP) is 3.62. The zero-order valence-corrected chi connectivity index (χ0v) is 16.6. The first-order valence-electron chi connectivity index (χ1n) is 9.79. The van der Waals surface area contributed by atoms with Crippen LogP contribution in [0, 0.1) is 11.7 Å². The van der Waals surface area contributed by atoms with Crippen molar-refractivity contribution in [3.05, 3.63) is 90.2 Å². The Balaban J connectivity index is 1.62. The van der Waals surface area contributed by atoms with Crippen molar-refractivity contribution in [2.45, 2.75) is 6.04 Å². The fraction of sp³-hybridized carbons (Fsp3) is 0.125. The van der Waals surface area contributed by atoms with Gasteiger partial charge in [0, 0.05) is 0 Å². The van der Waals surface area contributed by atoms with Gasteiger partial charge in [0.15, 0.2) is 0 Å². The summed E-state index contributed by atoms with van der Waals surface area (Å²) in [5, 5.41) is 6.27.